The normalized spacial score (nSPS) is 13.2. The summed E-state index contributed by atoms with van der Waals surface area (Å²) in [5.41, 5.74) is 0.984. The van der Waals surface area contributed by atoms with Crippen molar-refractivity contribution in [2.45, 2.75) is 20.0 Å². The van der Waals surface area contributed by atoms with Gasteiger partial charge in [-0.05, 0) is 41.1 Å². The highest BCUT2D eigenvalue weighted by Gasteiger charge is 2.23. The van der Waals surface area contributed by atoms with Crippen molar-refractivity contribution in [3.63, 3.8) is 0 Å². The summed E-state index contributed by atoms with van der Waals surface area (Å²) in [6, 6.07) is 7.96. The molecule has 1 N–H and O–H groups in total. The molecule has 0 fully saturated rings. The highest BCUT2D eigenvalue weighted by molar-refractivity contribution is 5.94. The highest BCUT2D eigenvalue weighted by atomic mass is 16.7. The van der Waals surface area contributed by atoms with Gasteiger partial charge < -0.3 is 29.6 Å². The average Bonchev–Trinajstić information content (AvgIpc) is 3.03. The van der Waals surface area contributed by atoms with Gasteiger partial charge in [-0.2, -0.15) is 0 Å². The molecule has 0 spiro atoms. The Labute approximate surface area is 142 Å². The molecule has 25 heavy (non-hydrogen) atoms. The average molecular weight is 345 g/mol. The first-order chi connectivity index (χ1) is 11.9. The minimum absolute atomic E-state index is 0.0658. The molecule has 0 unspecified atom stereocenters. The number of rotatable bonds is 5. The maximum absolute atomic E-state index is 12.3. The zero-order valence-electron chi connectivity index (χ0n) is 13.5. The van der Waals surface area contributed by atoms with E-state index in [0.29, 0.717) is 22.9 Å². The molecule has 0 saturated heterocycles. The maximum atomic E-state index is 12.3. The summed E-state index contributed by atoms with van der Waals surface area (Å²) in [6.45, 7) is 3.26. The van der Waals surface area contributed by atoms with E-state index in [2.05, 4.69) is 10.3 Å². The molecule has 130 valence electrons. The number of nitrogens with one attached hydrogen (secondary N) is 1. The topological polar surface area (TPSA) is 113 Å². The molecule has 2 aromatic rings. The molecule has 3 rings (SSSR count). The SMILES string of the molecule is Cc1ccc(O[C@@H](C)C(=O)Nc2ccc3c(c2)OCO3)c([N+](=O)[O-])n1. The third-order valence-electron chi connectivity index (χ3n) is 3.46. The van der Waals surface area contributed by atoms with Crippen molar-refractivity contribution in [2.24, 2.45) is 0 Å². The summed E-state index contributed by atoms with van der Waals surface area (Å²) in [6.07, 6.45) is -0.964. The third kappa shape index (κ3) is 3.60. The minimum Gasteiger partial charge on any atom is -0.473 e. The summed E-state index contributed by atoms with van der Waals surface area (Å²) in [7, 11) is 0. The van der Waals surface area contributed by atoms with Gasteiger partial charge in [-0.1, -0.05) is 0 Å². The van der Waals surface area contributed by atoms with Gasteiger partial charge in [0.25, 0.3) is 5.91 Å². The maximum Gasteiger partial charge on any atom is 0.406 e. The van der Waals surface area contributed by atoms with Gasteiger partial charge in [0.05, 0.1) is 0 Å². The van der Waals surface area contributed by atoms with Gasteiger partial charge in [-0.15, -0.1) is 0 Å². The van der Waals surface area contributed by atoms with Gasteiger partial charge >= 0.3 is 5.82 Å². The number of carbonyl (C=O) groups excluding carboxylic acids is 1. The molecule has 1 aromatic heterocycles. The number of hydrogen-bond acceptors (Lipinski definition) is 7. The highest BCUT2D eigenvalue weighted by Crippen LogP contribution is 2.34. The molecule has 0 bridgehead atoms. The predicted molar refractivity (Wildman–Crippen MR) is 86.9 cm³/mol. The summed E-state index contributed by atoms with van der Waals surface area (Å²) in [5.74, 6) is 0.175. The number of nitrogens with zero attached hydrogens (tertiary/aromatic N) is 2. The molecule has 2 heterocycles. The number of fused-ring (bicyclic) bond motifs is 1. The molecular weight excluding hydrogens is 330 g/mol. The Morgan fingerprint density at radius 2 is 2.08 bits per heavy atom. The molecule has 1 amide bonds. The van der Waals surface area contributed by atoms with E-state index in [1.54, 1.807) is 31.2 Å². The first-order valence-electron chi connectivity index (χ1n) is 7.43. The van der Waals surface area contributed by atoms with E-state index in [0.717, 1.165) is 0 Å². The summed E-state index contributed by atoms with van der Waals surface area (Å²) in [4.78, 5) is 26.5. The van der Waals surface area contributed by atoms with Gasteiger partial charge in [0.1, 0.15) is 5.69 Å². The van der Waals surface area contributed by atoms with Crippen LogP contribution in [0, 0.1) is 17.0 Å². The first kappa shape index (κ1) is 16.5. The van der Waals surface area contributed by atoms with E-state index >= 15 is 0 Å². The number of nitro groups is 1. The number of pyridine rings is 1. The molecule has 9 heteroatoms. The Bertz CT molecular complexity index is 839. The Kier molecular flexibility index (Phi) is 4.38. The second-order valence-electron chi connectivity index (χ2n) is 5.35. The van der Waals surface area contributed by atoms with E-state index in [1.807, 2.05) is 0 Å². The smallest absolute Gasteiger partial charge is 0.406 e. The Hall–Kier alpha value is -3.36. The number of anilines is 1. The predicted octanol–water partition coefficient (Wildman–Crippen LogP) is 2.43. The second-order valence-corrected chi connectivity index (χ2v) is 5.35. The van der Waals surface area contributed by atoms with Gasteiger partial charge in [-0.25, -0.2) is 0 Å². The Morgan fingerprint density at radius 1 is 1.32 bits per heavy atom. The van der Waals surface area contributed by atoms with Gasteiger partial charge in [0.2, 0.25) is 12.5 Å². The lowest BCUT2D eigenvalue weighted by molar-refractivity contribution is -0.390. The number of ether oxygens (including phenoxy) is 3. The van der Waals surface area contributed by atoms with Crippen molar-refractivity contribution in [2.75, 3.05) is 12.1 Å². The van der Waals surface area contributed by atoms with Crippen molar-refractivity contribution in [3.05, 3.63) is 46.1 Å². The molecule has 1 aliphatic heterocycles. The minimum atomic E-state index is -0.964. The molecule has 9 nitrogen and oxygen atoms in total. The fourth-order valence-electron chi connectivity index (χ4n) is 2.22. The van der Waals surface area contributed by atoms with Gasteiger partial charge in [0.15, 0.2) is 17.6 Å². The van der Waals surface area contributed by atoms with E-state index in [1.165, 1.54) is 13.0 Å². The molecule has 0 aliphatic carbocycles. The monoisotopic (exact) mass is 345 g/mol. The first-order valence-corrected chi connectivity index (χ1v) is 7.43. The van der Waals surface area contributed by atoms with Gasteiger partial charge in [0, 0.05) is 18.7 Å². The molecular formula is C16H15N3O6. The van der Waals surface area contributed by atoms with E-state index < -0.39 is 22.8 Å². The van der Waals surface area contributed by atoms with E-state index in [9.17, 15) is 14.9 Å². The Balaban J connectivity index is 1.70. The van der Waals surface area contributed by atoms with Crippen LogP contribution in [0.3, 0.4) is 0 Å². The van der Waals surface area contributed by atoms with Crippen LogP contribution in [-0.4, -0.2) is 28.7 Å². The van der Waals surface area contributed by atoms with Crippen LogP contribution >= 0.6 is 0 Å². The number of hydrogen-bond donors (Lipinski definition) is 1. The van der Waals surface area contributed by atoms with Crippen LogP contribution in [-0.2, 0) is 4.79 Å². The van der Waals surface area contributed by atoms with Crippen molar-refractivity contribution < 1.29 is 23.9 Å². The lowest BCUT2D eigenvalue weighted by Crippen LogP contribution is -2.30. The Morgan fingerprint density at radius 3 is 2.84 bits per heavy atom. The zero-order chi connectivity index (χ0) is 18.0. The molecule has 1 aliphatic rings. The molecule has 1 atom stereocenters. The summed E-state index contributed by atoms with van der Waals surface area (Å²) < 4.78 is 15.9. The van der Waals surface area contributed by atoms with Crippen molar-refractivity contribution >= 4 is 17.4 Å². The lowest BCUT2D eigenvalue weighted by Gasteiger charge is -2.14. The largest absolute Gasteiger partial charge is 0.473 e. The zero-order valence-corrected chi connectivity index (χ0v) is 13.5. The number of benzene rings is 1. The fraction of sp³-hybridized carbons (Fsp3) is 0.250. The second kappa shape index (κ2) is 6.63. The number of aromatic nitrogens is 1. The molecule has 0 saturated carbocycles. The summed E-state index contributed by atoms with van der Waals surface area (Å²) in [5, 5.41) is 13.7. The number of carbonyl (C=O) groups is 1. The number of aryl methyl sites for hydroxylation is 1. The van der Waals surface area contributed by atoms with E-state index in [-0.39, 0.29) is 12.5 Å². The van der Waals surface area contributed by atoms with Crippen LogP contribution in [0.4, 0.5) is 11.5 Å². The van der Waals surface area contributed by atoms with Crippen molar-refractivity contribution in [1.29, 1.82) is 0 Å². The molecule has 0 radical (unpaired) electrons. The standard InChI is InChI=1S/C16H15N3O6/c1-9-3-5-13(15(17-9)19(21)22)25-10(2)16(20)18-11-4-6-12-14(7-11)24-8-23-12/h3-7,10H,8H2,1-2H3,(H,18,20)/t10-/m0/s1. The van der Waals surface area contributed by atoms with Crippen molar-refractivity contribution in [3.8, 4) is 17.2 Å². The number of amides is 1. The fourth-order valence-corrected chi connectivity index (χ4v) is 2.22. The third-order valence-corrected chi connectivity index (χ3v) is 3.46. The van der Waals surface area contributed by atoms with Crippen molar-refractivity contribution in [1.82, 2.24) is 4.98 Å². The lowest BCUT2D eigenvalue weighted by atomic mass is 10.2. The summed E-state index contributed by atoms with van der Waals surface area (Å²) >= 11 is 0. The van der Waals surface area contributed by atoms with Gasteiger partial charge in [-0.3, -0.25) is 4.79 Å². The van der Waals surface area contributed by atoms with E-state index in [4.69, 9.17) is 14.2 Å². The quantitative estimate of drug-likeness (QED) is 0.654. The van der Waals surface area contributed by atoms with Crippen LogP contribution in [0.2, 0.25) is 0 Å². The van der Waals surface area contributed by atoms with Crippen LogP contribution < -0.4 is 19.5 Å². The van der Waals surface area contributed by atoms with Crippen LogP contribution in [0.25, 0.3) is 0 Å². The van der Waals surface area contributed by atoms with Crippen LogP contribution in [0.5, 0.6) is 17.2 Å². The van der Waals surface area contributed by atoms with Crippen LogP contribution in [0.15, 0.2) is 30.3 Å². The van der Waals surface area contributed by atoms with Crippen LogP contribution in [0.1, 0.15) is 12.6 Å². The molecule has 1 aromatic carbocycles.